The maximum absolute atomic E-state index is 6.03. The highest BCUT2D eigenvalue weighted by Gasteiger charge is 2.22. The molecule has 0 spiro atoms. The Hall–Kier alpha value is -2.65. The molecule has 1 aromatic heterocycles. The fraction of sp³-hybridized carbons (Fsp3) is 0.469. The third-order valence-electron chi connectivity index (χ3n) is 7.45. The molecule has 1 fully saturated rings. The van der Waals surface area contributed by atoms with Crippen molar-refractivity contribution in [3.8, 4) is 17.0 Å². The number of nitrogens with zero attached hydrogens (tertiary/aromatic N) is 1. The standard InChI is InChI=1S/C32H41NO2/c1-3-4-5-6-7-25-12-21-32(33-22-25)30-17-15-29(16-18-30)28-13-8-26(9-14-28)23-35-24-27-10-19-31(34-2)20-11-27/h10-12,15-22,26,28H,3-9,13-14,23-24H2,1-2H3. The lowest BCUT2D eigenvalue weighted by Gasteiger charge is -2.28. The Morgan fingerprint density at radius 2 is 1.54 bits per heavy atom. The van der Waals surface area contributed by atoms with Crippen LogP contribution >= 0.6 is 0 Å². The van der Waals surface area contributed by atoms with Gasteiger partial charge in [0.1, 0.15) is 5.75 Å². The molecular formula is C32H41NO2. The first-order valence-corrected chi connectivity index (χ1v) is 13.5. The number of benzene rings is 2. The summed E-state index contributed by atoms with van der Waals surface area (Å²) < 4.78 is 11.3. The van der Waals surface area contributed by atoms with Gasteiger partial charge in [0.25, 0.3) is 0 Å². The molecule has 0 aliphatic heterocycles. The normalized spacial score (nSPS) is 17.9. The van der Waals surface area contributed by atoms with Gasteiger partial charge in [0.15, 0.2) is 0 Å². The van der Waals surface area contributed by atoms with Crippen LogP contribution in [0.4, 0.5) is 0 Å². The number of aryl methyl sites for hydroxylation is 1. The van der Waals surface area contributed by atoms with Crippen molar-refractivity contribution in [2.24, 2.45) is 5.92 Å². The van der Waals surface area contributed by atoms with Gasteiger partial charge in [-0.15, -0.1) is 0 Å². The number of unbranched alkanes of at least 4 members (excludes halogenated alkanes) is 3. The lowest BCUT2D eigenvalue weighted by atomic mass is 9.79. The molecule has 0 unspecified atom stereocenters. The molecule has 0 amide bonds. The van der Waals surface area contributed by atoms with Gasteiger partial charge in [-0.3, -0.25) is 4.98 Å². The first kappa shape index (κ1) is 25.4. The van der Waals surface area contributed by atoms with Gasteiger partial charge in [-0.2, -0.15) is 0 Å². The summed E-state index contributed by atoms with van der Waals surface area (Å²) in [5, 5.41) is 0. The van der Waals surface area contributed by atoms with Gasteiger partial charge in [0.2, 0.25) is 0 Å². The van der Waals surface area contributed by atoms with Crippen LogP contribution in [0.2, 0.25) is 0 Å². The molecule has 0 atom stereocenters. The van der Waals surface area contributed by atoms with Gasteiger partial charge >= 0.3 is 0 Å². The van der Waals surface area contributed by atoms with Gasteiger partial charge in [-0.05, 0) is 85.3 Å². The first-order chi connectivity index (χ1) is 17.2. The predicted octanol–water partition coefficient (Wildman–Crippen LogP) is 8.37. The van der Waals surface area contributed by atoms with Crippen LogP contribution in [0.3, 0.4) is 0 Å². The van der Waals surface area contributed by atoms with E-state index in [0.717, 1.165) is 24.5 Å². The Kier molecular flexibility index (Phi) is 9.77. The van der Waals surface area contributed by atoms with E-state index in [1.54, 1.807) is 7.11 Å². The van der Waals surface area contributed by atoms with Crippen molar-refractivity contribution in [3.63, 3.8) is 0 Å². The largest absolute Gasteiger partial charge is 0.497 e. The highest BCUT2D eigenvalue weighted by Crippen LogP contribution is 2.36. The van der Waals surface area contributed by atoms with Gasteiger partial charge in [-0.1, -0.05) is 68.7 Å². The second-order valence-electron chi connectivity index (χ2n) is 10.1. The summed E-state index contributed by atoms with van der Waals surface area (Å²) in [6.45, 7) is 3.80. The van der Waals surface area contributed by atoms with E-state index in [9.17, 15) is 0 Å². The molecule has 1 saturated carbocycles. The molecule has 1 aliphatic carbocycles. The Balaban J connectivity index is 1.20. The van der Waals surface area contributed by atoms with Crippen molar-refractivity contribution in [2.75, 3.05) is 13.7 Å². The second kappa shape index (κ2) is 13.4. The SMILES string of the molecule is CCCCCCc1ccc(-c2ccc(C3CCC(COCc4ccc(OC)cc4)CC3)cc2)nc1. The van der Waals surface area contributed by atoms with Gasteiger partial charge in [-0.25, -0.2) is 0 Å². The molecule has 4 rings (SSSR count). The van der Waals surface area contributed by atoms with Crippen LogP contribution < -0.4 is 4.74 Å². The van der Waals surface area contributed by atoms with E-state index in [1.807, 2.05) is 12.1 Å². The minimum absolute atomic E-state index is 0.667. The van der Waals surface area contributed by atoms with Crippen molar-refractivity contribution in [1.82, 2.24) is 4.98 Å². The second-order valence-corrected chi connectivity index (χ2v) is 10.1. The number of pyridine rings is 1. The average Bonchev–Trinajstić information content (AvgIpc) is 2.92. The Bertz CT molecular complexity index is 987. The molecule has 2 aromatic carbocycles. The van der Waals surface area contributed by atoms with Crippen molar-refractivity contribution < 1.29 is 9.47 Å². The number of rotatable bonds is 12. The van der Waals surface area contributed by atoms with Gasteiger partial charge < -0.3 is 9.47 Å². The zero-order chi connectivity index (χ0) is 24.3. The van der Waals surface area contributed by atoms with Crippen LogP contribution in [0.15, 0.2) is 66.9 Å². The van der Waals surface area contributed by atoms with Crippen LogP contribution in [0.25, 0.3) is 11.3 Å². The predicted molar refractivity (Wildman–Crippen MR) is 145 cm³/mol. The molecule has 0 N–H and O–H groups in total. The van der Waals surface area contributed by atoms with Crippen molar-refractivity contribution in [3.05, 3.63) is 83.6 Å². The summed E-state index contributed by atoms with van der Waals surface area (Å²) >= 11 is 0. The third-order valence-corrected chi connectivity index (χ3v) is 7.45. The molecule has 3 heteroatoms. The van der Waals surface area contributed by atoms with Crippen LogP contribution in [0, 0.1) is 5.92 Å². The first-order valence-electron chi connectivity index (χ1n) is 13.5. The molecule has 3 aromatic rings. The summed E-state index contributed by atoms with van der Waals surface area (Å²) in [5.74, 6) is 2.23. The molecule has 0 bridgehead atoms. The Labute approximate surface area is 211 Å². The summed E-state index contributed by atoms with van der Waals surface area (Å²) in [5.41, 5.74) is 6.32. The van der Waals surface area contributed by atoms with E-state index in [2.05, 4.69) is 61.7 Å². The molecule has 35 heavy (non-hydrogen) atoms. The molecule has 3 nitrogen and oxygen atoms in total. The zero-order valence-electron chi connectivity index (χ0n) is 21.5. The van der Waals surface area contributed by atoms with Gasteiger partial charge in [0.05, 0.1) is 19.4 Å². The number of hydrogen-bond acceptors (Lipinski definition) is 3. The topological polar surface area (TPSA) is 31.4 Å². The van der Waals surface area contributed by atoms with E-state index in [0.29, 0.717) is 18.4 Å². The fourth-order valence-electron chi connectivity index (χ4n) is 5.15. The van der Waals surface area contributed by atoms with Crippen LogP contribution in [0.5, 0.6) is 5.75 Å². The highest BCUT2D eigenvalue weighted by atomic mass is 16.5. The summed E-state index contributed by atoms with van der Waals surface area (Å²) in [6, 6.07) is 21.7. The van der Waals surface area contributed by atoms with Crippen LogP contribution in [-0.4, -0.2) is 18.7 Å². The van der Waals surface area contributed by atoms with E-state index in [-0.39, 0.29) is 0 Å². The summed E-state index contributed by atoms with van der Waals surface area (Å²) in [7, 11) is 1.70. The Morgan fingerprint density at radius 1 is 0.800 bits per heavy atom. The van der Waals surface area contributed by atoms with E-state index < -0.39 is 0 Å². The average molecular weight is 472 g/mol. The summed E-state index contributed by atoms with van der Waals surface area (Å²) in [6.07, 6.45) is 13.4. The molecule has 0 saturated heterocycles. The zero-order valence-corrected chi connectivity index (χ0v) is 21.5. The number of methoxy groups -OCH3 is 1. The molecule has 186 valence electrons. The summed E-state index contributed by atoms with van der Waals surface area (Å²) in [4.78, 5) is 4.74. The lowest BCUT2D eigenvalue weighted by molar-refractivity contribution is 0.0715. The molecule has 0 radical (unpaired) electrons. The molecular weight excluding hydrogens is 430 g/mol. The number of ether oxygens (including phenoxy) is 2. The lowest BCUT2D eigenvalue weighted by Crippen LogP contribution is -2.17. The van der Waals surface area contributed by atoms with Crippen molar-refractivity contribution >= 4 is 0 Å². The number of aromatic nitrogens is 1. The quantitative estimate of drug-likeness (QED) is 0.249. The Morgan fingerprint density at radius 3 is 2.20 bits per heavy atom. The molecule has 1 aliphatic rings. The van der Waals surface area contributed by atoms with Crippen molar-refractivity contribution in [1.29, 1.82) is 0 Å². The van der Waals surface area contributed by atoms with Crippen LogP contribution in [-0.2, 0) is 17.8 Å². The van der Waals surface area contributed by atoms with E-state index in [1.165, 1.54) is 73.6 Å². The van der Waals surface area contributed by atoms with Crippen LogP contribution in [0.1, 0.15) is 80.9 Å². The van der Waals surface area contributed by atoms with E-state index in [4.69, 9.17) is 14.5 Å². The fourth-order valence-corrected chi connectivity index (χ4v) is 5.15. The number of hydrogen-bond donors (Lipinski definition) is 0. The maximum Gasteiger partial charge on any atom is 0.118 e. The maximum atomic E-state index is 6.03. The van der Waals surface area contributed by atoms with Gasteiger partial charge in [0, 0.05) is 18.4 Å². The van der Waals surface area contributed by atoms with E-state index >= 15 is 0 Å². The third kappa shape index (κ3) is 7.67. The minimum Gasteiger partial charge on any atom is -0.497 e. The van der Waals surface area contributed by atoms with Crippen molar-refractivity contribution in [2.45, 2.75) is 77.2 Å². The highest BCUT2D eigenvalue weighted by molar-refractivity contribution is 5.59. The monoisotopic (exact) mass is 471 g/mol. The minimum atomic E-state index is 0.667. The smallest absolute Gasteiger partial charge is 0.118 e. The molecule has 1 heterocycles.